The number of amides is 1. The fourth-order valence-electron chi connectivity index (χ4n) is 2.80. The summed E-state index contributed by atoms with van der Waals surface area (Å²) in [5.74, 6) is -0.927. The predicted octanol–water partition coefficient (Wildman–Crippen LogP) is 5.55. The number of carboxylic acids is 1. The summed E-state index contributed by atoms with van der Waals surface area (Å²) < 4.78 is 11.9. The van der Waals surface area contributed by atoms with Gasteiger partial charge < -0.3 is 19.9 Å². The molecule has 3 rings (SSSR count). The number of carbonyl (C=O) groups is 2. The minimum absolute atomic E-state index is 0.275. The van der Waals surface area contributed by atoms with Crippen LogP contribution in [-0.4, -0.2) is 24.1 Å². The Hall–Kier alpha value is -3.29. The summed E-state index contributed by atoms with van der Waals surface area (Å²) in [6, 6.07) is 18.9. The highest BCUT2D eigenvalue weighted by Gasteiger charge is 2.16. The van der Waals surface area contributed by atoms with Crippen LogP contribution in [0.2, 0.25) is 5.02 Å². The van der Waals surface area contributed by atoms with Crippen LogP contribution in [0.25, 0.3) is 6.08 Å². The largest absolute Gasteiger partial charge is 0.493 e. The van der Waals surface area contributed by atoms with E-state index in [9.17, 15) is 14.7 Å². The van der Waals surface area contributed by atoms with Gasteiger partial charge in [0.1, 0.15) is 12.3 Å². The number of nitrogens with one attached hydrogen (secondary N) is 1. The fourth-order valence-corrected chi connectivity index (χ4v) is 3.50. The Balaban J connectivity index is 1.83. The smallest absolute Gasteiger partial charge is 0.352 e. The molecule has 0 aliphatic heterocycles. The van der Waals surface area contributed by atoms with Crippen LogP contribution in [0.5, 0.6) is 11.5 Å². The van der Waals surface area contributed by atoms with Gasteiger partial charge in [-0.05, 0) is 69.5 Å². The van der Waals surface area contributed by atoms with Crippen LogP contribution in [0, 0.1) is 0 Å². The van der Waals surface area contributed by atoms with Crippen molar-refractivity contribution in [2.75, 3.05) is 7.11 Å². The third-order valence-corrected chi connectivity index (χ3v) is 5.21. The molecule has 3 aromatic rings. The van der Waals surface area contributed by atoms with E-state index < -0.39 is 11.9 Å². The molecule has 0 heterocycles. The monoisotopic (exact) mass is 515 g/mol. The van der Waals surface area contributed by atoms with Gasteiger partial charge in [0.2, 0.25) is 0 Å². The first-order valence-corrected chi connectivity index (χ1v) is 10.6. The van der Waals surface area contributed by atoms with Crippen molar-refractivity contribution in [3.05, 3.63) is 98.6 Å². The van der Waals surface area contributed by atoms with E-state index in [0.717, 1.165) is 5.56 Å². The van der Waals surface area contributed by atoms with Gasteiger partial charge >= 0.3 is 5.97 Å². The molecule has 8 heteroatoms. The molecular formula is C24H19BrClNO5. The number of methoxy groups -OCH3 is 1. The van der Waals surface area contributed by atoms with Crippen LogP contribution in [0.1, 0.15) is 21.5 Å². The summed E-state index contributed by atoms with van der Waals surface area (Å²) >= 11 is 9.36. The van der Waals surface area contributed by atoms with Crippen LogP contribution < -0.4 is 14.8 Å². The fraction of sp³-hybridized carbons (Fsp3) is 0.0833. The number of carboxylic acid groups (broad SMARTS) is 1. The SMILES string of the molecule is COc1cc(/C=C(/NC(=O)c2ccccc2)C(=O)O)cc(Br)c1OCc1ccc(Cl)cc1. The number of carbonyl (C=O) groups excluding carboxylic acids is 1. The Morgan fingerprint density at radius 3 is 2.41 bits per heavy atom. The Labute approximate surface area is 198 Å². The first-order chi connectivity index (χ1) is 15.4. The molecule has 0 unspecified atom stereocenters. The number of ether oxygens (including phenoxy) is 2. The number of rotatable bonds is 8. The maximum atomic E-state index is 12.4. The second-order valence-electron chi connectivity index (χ2n) is 6.63. The van der Waals surface area contributed by atoms with Gasteiger partial charge in [-0.25, -0.2) is 4.79 Å². The van der Waals surface area contributed by atoms with Gasteiger partial charge in [0.25, 0.3) is 5.91 Å². The highest BCUT2D eigenvalue weighted by Crippen LogP contribution is 2.37. The van der Waals surface area contributed by atoms with Crippen molar-refractivity contribution >= 4 is 45.5 Å². The minimum atomic E-state index is -1.27. The van der Waals surface area contributed by atoms with E-state index in [-0.39, 0.29) is 12.3 Å². The van der Waals surface area contributed by atoms with Crippen LogP contribution in [0.3, 0.4) is 0 Å². The lowest BCUT2D eigenvalue weighted by Gasteiger charge is -2.14. The molecule has 0 saturated heterocycles. The summed E-state index contributed by atoms with van der Waals surface area (Å²) in [4.78, 5) is 24.1. The molecule has 0 spiro atoms. The van der Waals surface area contributed by atoms with E-state index in [4.69, 9.17) is 21.1 Å². The van der Waals surface area contributed by atoms with E-state index >= 15 is 0 Å². The molecule has 1 amide bonds. The topological polar surface area (TPSA) is 84.9 Å². The Kier molecular flexibility index (Phi) is 7.92. The van der Waals surface area contributed by atoms with Gasteiger partial charge in [0.15, 0.2) is 11.5 Å². The van der Waals surface area contributed by atoms with E-state index in [1.807, 2.05) is 12.1 Å². The average molecular weight is 517 g/mol. The van der Waals surface area contributed by atoms with Gasteiger partial charge in [-0.3, -0.25) is 4.79 Å². The molecule has 0 radical (unpaired) electrons. The molecule has 2 N–H and O–H groups in total. The maximum Gasteiger partial charge on any atom is 0.352 e. The molecule has 0 atom stereocenters. The van der Waals surface area contributed by atoms with Crippen molar-refractivity contribution in [1.82, 2.24) is 5.32 Å². The Morgan fingerprint density at radius 1 is 1.09 bits per heavy atom. The Morgan fingerprint density at radius 2 is 1.78 bits per heavy atom. The van der Waals surface area contributed by atoms with Crippen molar-refractivity contribution in [1.29, 1.82) is 0 Å². The highest BCUT2D eigenvalue weighted by molar-refractivity contribution is 9.10. The molecule has 0 aliphatic carbocycles. The van der Waals surface area contributed by atoms with Gasteiger partial charge in [-0.2, -0.15) is 0 Å². The number of benzene rings is 3. The third-order valence-electron chi connectivity index (χ3n) is 4.37. The van der Waals surface area contributed by atoms with Crippen molar-refractivity contribution in [2.45, 2.75) is 6.61 Å². The summed E-state index contributed by atoms with van der Waals surface area (Å²) in [6.07, 6.45) is 1.35. The molecule has 0 bridgehead atoms. The molecule has 0 saturated carbocycles. The lowest BCUT2D eigenvalue weighted by atomic mass is 10.1. The Bertz CT molecular complexity index is 1150. The van der Waals surface area contributed by atoms with Crippen molar-refractivity contribution in [2.24, 2.45) is 0 Å². The first kappa shape index (κ1) is 23.4. The van der Waals surface area contributed by atoms with E-state index in [1.54, 1.807) is 54.6 Å². The summed E-state index contributed by atoms with van der Waals surface area (Å²) in [7, 11) is 1.49. The van der Waals surface area contributed by atoms with Crippen LogP contribution in [0.15, 0.2) is 76.9 Å². The van der Waals surface area contributed by atoms with Gasteiger partial charge in [-0.15, -0.1) is 0 Å². The summed E-state index contributed by atoms with van der Waals surface area (Å²) in [5, 5.41) is 12.6. The van der Waals surface area contributed by atoms with Gasteiger partial charge in [0, 0.05) is 10.6 Å². The average Bonchev–Trinajstić information content (AvgIpc) is 2.79. The highest BCUT2D eigenvalue weighted by atomic mass is 79.9. The molecule has 3 aromatic carbocycles. The van der Waals surface area contributed by atoms with Crippen molar-refractivity contribution < 1.29 is 24.2 Å². The lowest BCUT2D eigenvalue weighted by molar-refractivity contribution is -0.132. The van der Waals surface area contributed by atoms with Gasteiger partial charge in [0.05, 0.1) is 11.6 Å². The van der Waals surface area contributed by atoms with Crippen molar-refractivity contribution in [3.8, 4) is 11.5 Å². The molecule has 0 fully saturated rings. The number of halogens is 2. The normalized spacial score (nSPS) is 11.0. The zero-order valence-corrected chi connectivity index (χ0v) is 19.3. The van der Waals surface area contributed by atoms with E-state index in [1.165, 1.54) is 13.2 Å². The molecule has 164 valence electrons. The number of hydrogen-bond donors (Lipinski definition) is 2. The van der Waals surface area contributed by atoms with E-state index in [2.05, 4.69) is 21.2 Å². The quantitative estimate of drug-likeness (QED) is 0.384. The molecule has 0 aliphatic rings. The lowest BCUT2D eigenvalue weighted by Crippen LogP contribution is -2.27. The zero-order chi connectivity index (χ0) is 23.1. The summed E-state index contributed by atoms with van der Waals surface area (Å²) in [5.41, 5.74) is 1.49. The van der Waals surface area contributed by atoms with Gasteiger partial charge in [-0.1, -0.05) is 41.9 Å². The predicted molar refractivity (Wildman–Crippen MR) is 126 cm³/mol. The van der Waals surface area contributed by atoms with Crippen LogP contribution >= 0.6 is 27.5 Å². The molecule has 6 nitrogen and oxygen atoms in total. The first-order valence-electron chi connectivity index (χ1n) is 9.43. The number of aliphatic carboxylic acids is 1. The summed E-state index contributed by atoms with van der Waals surface area (Å²) in [6.45, 7) is 0.287. The molecule has 32 heavy (non-hydrogen) atoms. The third kappa shape index (κ3) is 6.12. The maximum absolute atomic E-state index is 12.4. The van der Waals surface area contributed by atoms with Crippen LogP contribution in [-0.2, 0) is 11.4 Å². The molecule has 0 aromatic heterocycles. The second-order valence-corrected chi connectivity index (χ2v) is 7.92. The second kappa shape index (κ2) is 10.8. The standard InChI is InChI=1S/C24H19BrClNO5/c1-31-21-13-16(11-19(25)22(21)32-14-15-7-9-18(26)10-8-15)12-20(24(29)30)27-23(28)17-5-3-2-4-6-17/h2-13H,14H2,1H3,(H,27,28)(H,29,30)/b20-12+. The zero-order valence-electron chi connectivity index (χ0n) is 17.0. The van der Waals surface area contributed by atoms with Crippen molar-refractivity contribution in [3.63, 3.8) is 0 Å². The minimum Gasteiger partial charge on any atom is -0.493 e. The van der Waals surface area contributed by atoms with E-state index in [0.29, 0.717) is 32.1 Å². The number of hydrogen-bond acceptors (Lipinski definition) is 4. The molecular weight excluding hydrogens is 498 g/mol. The van der Waals surface area contributed by atoms with Crippen LogP contribution in [0.4, 0.5) is 0 Å².